The van der Waals surface area contributed by atoms with E-state index in [-0.39, 0.29) is 13.2 Å². The molecule has 0 heterocycles. The lowest BCUT2D eigenvalue weighted by Gasteiger charge is -2.27. The van der Waals surface area contributed by atoms with Crippen LogP contribution in [0.2, 0.25) is 0 Å². The summed E-state index contributed by atoms with van der Waals surface area (Å²) in [5.74, 6) is -1.08. The van der Waals surface area contributed by atoms with Gasteiger partial charge in [0.05, 0.1) is 27.3 Å². The molecule has 5 nitrogen and oxygen atoms in total. The largest absolute Gasteiger partial charge is 0.550 e. The third kappa shape index (κ3) is 18.4. The maximum atomic E-state index is 8.89. The Balaban J connectivity index is 0. The number of rotatable bonds is 4. The summed E-state index contributed by atoms with van der Waals surface area (Å²) in [5, 5.41) is 26.0. The molecule has 0 bridgehead atoms. The van der Waals surface area contributed by atoms with Gasteiger partial charge in [-0.05, 0) is 6.92 Å². The second kappa shape index (κ2) is 7.97. The Morgan fingerprint density at radius 3 is 1.62 bits per heavy atom. The molecule has 0 aliphatic heterocycles. The number of aliphatic hydroxyl groups is 2. The van der Waals surface area contributed by atoms with Crippen molar-refractivity contribution in [1.82, 2.24) is 0 Å². The first kappa shape index (κ1) is 14.9. The van der Waals surface area contributed by atoms with Gasteiger partial charge in [-0.2, -0.15) is 0 Å². The highest BCUT2D eigenvalue weighted by Crippen LogP contribution is 1.92. The Hall–Kier alpha value is -0.650. The van der Waals surface area contributed by atoms with Crippen LogP contribution in [0, 0.1) is 0 Å². The lowest BCUT2D eigenvalue weighted by molar-refractivity contribution is -0.890. The molecule has 80 valence electrons. The van der Waals surface area contributed by atoms with Gasteiger partial charge < -0.3 is 24.6 Å². The first-order chi connectivity index (χ1) is 5.85. The molecule has 2 N–H and O–H groups in total. The molecule has 0 aliphatic rings. The van der Waals surface area contributed by atoms with E-state index in [2.05, 4.69) is 0 Å². The summed E-state index contributed by atoms with van der Waals surface area (Å²) in [6.45, 7) is 2.76. The van der Waals surface area contributed by atoms with Gasteiger partial charge in [-0.25, -0.2) is 0 Å². The van der Waals surface area contributed by atoms with Crippen molar-refractivity contribution in [2.45, 2.75) is 6.92 Å². The summed E-state index contributed by atoms with van der Waals surface area (Å²) in [5.41, 5.74) is 0. The maximum absolute atomic E-state index is 8.89. The maximum Gasteiger partial charge on any atom is 0.102 e. The van der Waals surface area contributed by atoms with E-state index in [0.29, 0.717) is 17.6 Å². The van der Waals surface area contributed by atoms with E-state index in [1.807, 2.05) is 14.1 Å². The number of hydrogen-bond donors (Lipinski definition) is 2. The molecule has 0 rings (SSSR count). The van der Waals surface area contributed by atoms with Crippen LogP contribution in [-0.2, 0) is 4.79 Å². The third-order valence-corrected chi connectivity index (χ3v) is 1.41. The van der Waals surface area contributed by atoms with Gasteiger partial charge >= 0.3 is 0 Å². The molecule has 0 atom stereocenters. The first-order valence-electron chi connectivity index (χ1n) is 4.07. The van der Waals surface area contributed by atoms with Crippen molar-refractivity contribution in [3.8, 4) is 0 Å². The van der Waals surface area contributed by atoms with E-state index in [9.17, 15) is 0 Å². The van der Waals surface area contributed by atoms with Crippen molar-refractivity contribution in [2.75, 3.05) is 40.4 Å². The van der Waals surface area contributed by atoms with Crippen molar-refractivity contribution in [3.05, 3.63) is 0 Å². The zero-order valence-electron chi connectivity index (χ0n) is 8.49. The first-order valence-corrected chi connectivity index (χ1v) is 4.07. The molecule has 0 unspecified atom stereocenters. The van der Waals surface area contributed by atoms with Gasteiger partial charge in [0.25, 0.3) is 0 Å². The fourth-order valence-corrected chi connectivity index (χ4v) is 0.653. The van der Waals surface area contributed by atoms with Gasteiger partial charge in [-0.15, -0.1) is 0 Å². The van der Waals surface area contributed by atoms with Crippen molar-refractivity contribution >= 4 is 5.97 Å². The molecule has 0 saturated carbocycles. The van der Waals surface area contributed by atoms with Crippen molar-refractivity contribution < 1.29 is 24.6 Å². The number of quaternary nitrogens is 1. The van der Waals surface area contributed by atoms with Crippen LogP contribution >= 0.6 is 0 Å². The number of carbonyl (C=O) groups excluding carboxylic acids is 1. The highest BCUT2D eigenvalue weighted by atomic mass is 16.4. The highest BCUT2D eigenvalue weighted by molar-refractivity contribution is 5.60. The van der Waals surface area contributed by atoms with Gasteiger partial charge in [0.2, 0.25) is 0 Å². The predicted molar refractivity (Wildman–Crippen MR) is 46.7 cm³/mol. The van der Waals surface area contributed by atoms with Crippen LogP contribution in [0.1, 0.15) is 6.92 Å². The minimum atomic E-state index is -1.08. The minimum Gasteiger partial charge on any atom is -0.550 e. The SMILES string of the molecule is CC(=O)[O-].C[N+](C)(CCO)CCO. The Labute approximate surface area is 78.8 Å². The van der Waals surface area contributed by atoms with Gasteiger partial charge in [-0.3, -0.25) is 0 Å². The summed E-state index contributed by atoms with van der Waals surface area (Å²) in [4.78, 5) is 8.89. The Morgan fingerprint density at radius 2 is 1.46 bits per heavy atom. The van der Waals surface area contributed by atoms with Crippen LogP contribution in [0.3, 0.4) is 0 Å². The molecule has 5 heteroatoms. The minimum absolute atomic E-state index is 0.188. The lowest BCUT2D eigenvalue weighted by atomic mass is 10.4. The summed E-state index contributed by atoms with van der Waals surface area (Å²) >= 11 is 0. The van der Waals surface area contributed by atoms with E-state index in [0.717, 1.165) is 6.92 Å². The van der Waals surface area contributed by atoms with E-state index in [1.165, 1.54) is 0 Å². The van der Waals surface area contributed by atoms with Crippen LogP contribution in [0.4, 0.5) is 0 Å². The summed E-state index contributed by atoms with van der Waals surface area (Å²) < 4.78 is 0.688. The summed E-state index contributed by atoms with van der Waals surface area (Å²) in [7, 11) is 3.96. The van der Waals surface area contributed by atoms with E-state index in [1.54, 1.807) is 0 Å². The van der Waals surface area contributed by atoms with Gasteiger partial charge in [0, 0.05) is 5.97 Å². The van der Waals surface area contributed by atoms with Crippen molar-refractivity contribution in [2.24, 2.45) is 0 Å². The number of carbonyl (C=O) groups is 1. The van der Waals surface area contributed by atoms with Gasteiger partial charge in [0.1, 0.15) is 13.1 Å². The van der Waals surface area contributed by atoms with Crippen LogP contribution in [-0.4, -0.2) is 61.1 Å². The molecular weight excluding hydrogens is 174 g/mol. The quantitative estimate of drug-likeness (QED) is 0.497. The Kier molecular flexibility index (Phi) is 9.11. The monoisotopic (exact) mass is 193 g/mol. The van der Waals surface area contributed by atoms with Gasteiger partial charge in [0.15, 0.2) is 0 Å². The summed E-state index contributed by atoms with van der Waals surface area (Å²) in [6, 6.07) is 0. The zero-order chi connectivity index (χ0) is 10.9. The number of aliphatic hydroxyl groups excluding tert-OH is 2. The number of likely N-dealkylation sites (N-methyl/N-ethyl adjacent to an activating group) is 1. The molecule has 0 aromatic heterocycles. The average Bonchev–Trinajstić information content (AvgIpc) is 1.84. The lowest BCUT2D eigenvalue weighted by Crippen LogP contribution is -2.43. The molecule has 13 heavy (non-hydrogen) atoms. The van der Waals surface area contributed by atoms with Gasteiger partial charge in [-0.1, -0.05) is 0 Å². The molecule has 0 saturated heterocycles. The number of hydrogen-bond acceptors (Lipinski definition) is 4. The highest BCUT2D eigenvalue weighted by Gasteiger charge is 2.11. The smallest absolute Gasteiger partial charge is 0.102 e. The second-order valence-electron chi connectivity index (χ2n) is 3.32. The van der Waals surface area contributed by atoms with E-state index in [4.69, 9.17) is 20.1 Å². The Bertz CT molecular complexity index is 124. The van der Waals surface area contributed by atoms with Crippen LogP contribution in [0.25, 0.3) is 0 Å². The molecule has 0 amide bonds. The van der Waals surface area contributed by atoms with E-state index >= 15 is 0 Å². The molecular formula is C8H19NO4. The zero-order valence-corrected chi connectivity index (χ0v) is 8.49. The third-order valence-electron chi connectivity index (χ3n) is 1.41. The fraction of sp³-hybridized carbons (Fsp3) is 0.875. The molecule has 0 radical (unpaired) electrons. The topological polar surface area (TPSA) is 80.6 Å². The molecule has 0 aromatic carbocycles. The Morgan fingerprint density at radius 1 is 1.23 bits per heavy atom. The standard InChI is InChI=1S/C6H16NO2.C2H4O2/c1-7(2,3-5-8)4-6-9;1-2(3)4/h8-9H,3-6H2,1-2H3;1H3,(H,3,4)/q+1;/p-1. The fourth-order valence-electron chi connectivity index (χ4n) is 0.653. The predicted octanol–water partition coefficient (Wildman–Crippen LogP) is -2.20. The van der Waals surface area contributed by atoms with Crippen LogP contribution in [0.5, 0.6) is 0 Å². The van der Waals surface area contributed by atoms with E-state index < -0.39 is 5.97 Å². The number of aliphatic carboxylic acids is 1. The van der Waals surface area contributed by atoms with Crippen LogP contribution in [0.15, 0.2) is 0 Å². The molecule has 0 aliphatic carbocycles. The molecule has 0 aromatic rings. The normalized spacial score (nSPS) is 10.2. The van der Waals surface area contributed by atoms with Crippen molar-refractivity contribution in [1.29, 1.82) is 0 Å². The van der Waals surface area contributed by atoms with Crippen LogP contribution < -0.4 is 5.11 Å². The average molecular weight is 193 g/mol. The summed E-state index contributed by atoms with van der Waals surface area (Å²) in [6.07, 6.45) is 0. The molecule has 0 fully saturated rings. The number of nitrogens with zero attached hydrogens (tertiary/aromatic N) is 1. The molecule has 0 spiro atoms. The second-order valence-corrected chi connectivity index (χ2v) is 3.32. The van der Waals surface area contributed by atoms with Crippen molar-refractivity contribution in [3.63, 3.8) is 0 Å². The number of carboxylic acid groups (broad SMARTS) is 1. The number of carboxylic acids is 1.